The molecule has 0 saturated carbocycles. The molecule has 17 heavy (non-hydrogen) atoms. The number of benzene rings is 1. The zero-order valence-electron chi connectivity index (χ0n) is 8.93. The lowest BCUT2D eigenvalue weighted by molar-refractivity contribution is -0.136. The number of aliphatic carboxylic acids is 1. The third-order valence-electron chi connectivity index (χ3n) is 2.41. The summed E-state index contributed by atoms with van der Waals surface area (Å²) in [4.78, 5) is 14.4. The van der Waals surface area contributed by atoms with Gasteiger partial charge in [0, 0.05) is 12.4 Å². The standard InChI is InChI=1S/C13H10FNO2/c14-12-7-10(9-3-5-15-6-4-9)1-2-11(12)8-13(16)17/h1-7H,8H2,(H,16,17). The van der Waals surface area contributed by atoms with Gasteiger partial charge in [-0.3, -0.25) is 9.78 Å². The fourth-order valence-corrected chi connectivity index (χ4v) is 1.58. The minimum Gasteiger partial charge on any atom is -0.481 e. The summed E-state index contributed by atoms with van der Waals surface area (Å²) >= 11 is 0. The molecule has 86 valence electrons. The molecule has 0 unspecified atom stereocenters. The predicted molar refractivity (Wildman–Crippen MR) is 61.0 cm³/mol. The molecule has 3 nitrogen and oxygen atoms in total. The maximum absolute atomic E-state index is 13.6. The zero-order valence-corrected chi connectivity index (χ0v) is 8.93. The van der Waals surface area contributed by atoms with Crippen LogP contribution in [0.3, 0.4) is 0 Å². The maximum Gasteiger partial charge on any atom is 0.307 e. The minimum absolute atomic E-state index is 0.190. The monoisotopic (exact) mass is 231 g/mol. The van der Waals surface area contributed by atoms with Gasteiger partial charge in [-0.15, -0.1) is 0 Å². The Kier molecular flexibility index (Phi) is 3.14. The minimum atomic E-state index is -1.04. The highest BCUT2D eigenvalue weighted by molar-refractivity contribution is 5.71. The van der Waals surface area contributed by atoms with Gasteiger partial charge in [-0.1, -0.05) is 12.1 Å². The highest BCUT2D eigenvalue weighted by atomic mass is 19.1. The summed E-state index contributed by atoms with van der Waals surface area (Å²) in [6.07, 6.45) is 2.94. The molecule has 1 aromatic heterocycles. The van der Waals surface area contributed by atoms with Crippen LogP contribution in [0, 0.1) is 5.82 Å². The highest BCUT2D eigenvalue weighted by Gasteiger charge is 2.08. The van der Waals surface area contributed by atoms with Gasteiger partial charge in [-0.25, -0.2) is 4.39 Å². The average molecular weight is 231 g/mol. The van der Waals surface area contributed by atoms with E-state index in [-0.39, 0.29) is 12.0 Å². The lowest BCUT2D eigenvalue weighted by Crippen LogP contribution is -2.02. The van der Waals surface area contributed by atoms with Crippen molar-refractivity contribution in [1.29, 1.82) is 0 Å². The molecule has 0 aliphatic heterocycles. The Morgan fingerprint density at radius 2 is 1.88 bits per heavy atom. The van der Waals surface area contributed by atoms with E-state index in [2.05, 4.69) is 4.98 Å². The van der Waals surface area contributed by atoms with Crippen LogP contribution in [0.15, 0.2) is 42.7 Å². The number of carbonyl (C=O) groups is 1. The summed E-state index contributed by atoms with van der Waals surface area (Å²) < 4.78 is 13.6. The van der Waals surface area contributed by atoms with Gasteiger partial charge in [0.1, 0.15) is 5.82 Å². The van der Waals surface area contributed by atoms with Crippen LogP contribution in [0.5, 0.6) is 0 Å². The van der Waals surface area contributed by atoms with E-state index in [1.807, 2.05) is 0 Å². The van der Waals surface area contributed by atoms with Crippen molar-refractivity contribution in [2.45, 2.75) is 6.42 Å². The van der Waals surface area contributed by atoms with Crippen LogP contribution in [-0.4, -0.2) is 16.1 Å². The van der Waals surface area contributed by atoms with E-state index >= 15 is 0 Å². The van der Waals surface area contributed by atoms with Gasteiger partial charge in [0.05, 0.1) is 6.42 Å². The van der Waals surface area contributed by atoms with Gasteiger partial charge >= 0.3 is 5.97 Å². The summed E-state index contributed by atoms with van der Waals surface area (Å²) in [7, 11) is 0. The SMILES string of the molecule is O=C(O)Cc1ccc(-c2ccncc2)cc1F. The lowest BCUT2D eigenvalue weighted by atomic mass is 10.0. The number of halogens is 1. The third kappa shape index (κ3) is 2.66. The number of carboxylic acids is 1. The van der Waals surface area contributed by atoms with Crippen molar-refractivity contribution in [1.82, 2.24) is 4.98 Å². The van der Waals surface area contributed by atoms with Crippen molar-refractivity contribution in [2.75, 3.05) is 0 Å². The molecule has 2 rings (SSSR count). The Morgan fingerprint density at radius 3 is 2.47 bits per heavy atom. The van der Waals surface area contributed by atoms with E-state index < -0.39 is 11.8 Å². The first kappa shape index (κ1) is 11.3. The van der Waals surface area contributed by atoms with Gasteiger partial charge in [-0.05, 0) is 34.9 Å². The van der Waals surface area contributed by atoms with Crippen LogP contribution in [0.25, 0.3) is 11.1 Å². The highest BCUT2D eigenvalue weighted by Crippen LogP contribution is 2.21. The molecule has 0 saturated heterocycles. The van der Waals surface area contributed by atoms with E-state index in [0.29, 0.717) is 5.56 Å². The average Bonchev–Trinajstić information content (AvgIpc) is 2.32. The molecule has 0 amide bonds. The molecule has 0 fully saturated rings. The van der Waals surface area contributed by atoms with Crippen molar-refractivity contribution in [2.24, 2.45) is 0 Å². The zero-order chi connectivity index (χ0) is 12.3. The first-order valence-corrected chi connectivity index (χ1v) is 5.07. The van der Waals surface area contributed by atoms with Gasteiger partial charge in [-0.2, -0.15) is 0 Å². The van der Waals surface area contributed by atoms with Gasteiger partial charge < -0.3 is 5.11 Å². The van der Waals surface area contributed by atoms with Crippen molar-refractivity contribution in [3.8, 4) is 11.1 Å². The molecule has 0 spiro atoms. The number of hydrogen-bond donors (Lipinski definition) is 1. The van der Waals surface area contributed by atoms with Crippen LogP contribution in [0.4, 0.5) is 4.39 Å². The molecule has 2 aromatic rings. The molecule has 1 aromatic carbocycles. The predicted octanol–water partition coefficient (Wildman–Crippen LogP) is 2.51. The Bertz CT molecular complexity index is 540. The maximum atomic E-state index is 13.6. The second-order valence-electron chi connectivity index (χ2n) is 3.61. The fraction of sp³-hybridized carbons (Fsp3) is 0.0769. The fourth-order valence-electron chi connectivity index (χ4n) is 1.58. The van der Waals surface area contributed by atoms with E-state index in [1.165, 1.54) is 12.1 Å². The topological polar surface area (TPSA) is 50.2 Å². The summed E-state index contributed by atoms with van der Waals surface area (Å²) in [5.74, 6) is -1.54. The van der Waals surface area contributed by atoms with Crippen molar-refractivity contribution >= 4 is 5.97 Å². The van der Waals surface area contributed by atoms with E-state index in [0.717, 1.165) is 5.56 Å². The van der Waals surface area contributed by atoms with Crippen LogP contribution in [0.1, 0.15) is 5.56 Å². The van der Waals surface area contributed by atoms with Gasteiger partial charge in [0.15, 0.2) is 0 Å². The number of carboxylic acid groups (broad SMARTS) is 1. The van der Waals surface area contributed by atoms with Crippen LogP contribution < -0.4 is 0 Å². The smallest absolute Gasteiger partial charge is 0.307 e. The van der Waals surface area contributed by atoms with Crippen LogP contribution in [-0.2, 0) is 11.2 Å². The number of rotatable bonds is 3. The number of hydrogen-bond acceptors (Lipinski definition) is 2. The van der Waals surface area contributed by atoms with Crippen molar-refractivity contribution in [3.05, 3.63) is 54.1 Å². The molecule has 0 bridgehead atoms. The molecular weight excluding hydrogens is 221 g/mol. The Labute approximate surface area is 97.6 Å². The first-order valence-electron chi connectivity index (χ1n) is 5.07. The van der Waals surface area contributed by atoms with Crippen molar-refractivity contribution in [3.63, 3.8) is 0 Å². The van der Waals surface area contributed by atoms with E-state index in [1.54, 1.807) is 30.6 Å². The normalized spacial score (nSPS) is 10.2. The van der Waals surface area contributed by atoms with E-state index in [4.69, 9.17) is 5.11 Å². The quantitative estimate of drug-likeness (QED) is 0.883. The first-order chi connectivity index (χ1) is 8.16. The number of aromatic nitrogens is 1. The summed E-state index contributed by atoms with van der Waals surface area (Å²) in [5.41, 5.74) is 1.75. The Morgan fingerprint density at radius 1 is 1.18 bits per heavy atom. The molecular formula is C13H10FNO2. The van der Waals surface area contributed by atoms with E-state index in [9.17, 15) is 9.18 Å². The largest absolute Gasteiger partial charge is 0.481 e. The van der Waals surface area contributed by atoms with Crippen molar-refractivity contribution < 1.29 is 14.3 Å². The second-order valence-corrected chi connectivity index (χ2v) is 3.61. The third-order valence-corrected chi connectivity index (χ3v) is 2.41. The summed E-state index contributed by atoms with van der Waals surface area (Å²) in [6.45, 7) is 0. The second kappa shape index (κ2) is 4.74. The Balaban J connectivity index is 2.34. The van der Waals surface area contributed by atoms with Crippen LogP contribution >= 0.6 is 0 Å². The molecule has 1 N–H and O–H groups in total. The molecule has 4 heteroatoms. The van der Waals surface area contributed by atoms with Crippen LogP contribution in [0.2, 0.25) is 0 Å². The van der Waals surface area contributed by atoms with Gasteiger partial charge in [0.2, 0.25) is 0 Å². The summed E-state index contributed by atoms with van der Waals surface area (Å²) in [5, 5.41) is 8.60. The number of pyridine rings is 1. The molecule has 1 heterocycles. The Hall–Kier alpha value is -2.23. The number of nitrogens with zero attached hydrogens (tertiary/aromatic N) is 1. The van der Waals surface area contributed by atoms with Gasteiger partial charge in [0.25, 0.3) is 0 Å². The molecule has 0 aliphatic carbocycles. The molecule has 0 aliphatic rings. The molecule has 0 atom stereocenters. The lowest BCUT2D eigenvalue weighted by Gasteiger charge is -2.04. The molecule has 0 radical (unpaired) electrons. The summed E-state index contributed by atoms with van der Waals surface area (Å²) in [6, 6.07) is 8.08.